The summed E-state index contributed by atoms with van der Waals surface area (Å²) in [5.74, 6) is 0. The van der Waals surface area contributed by atoms with E-state index in [0.717, 1.165) is 15.6 Å². The summed E-state index contributed by atoms with van der Waals surface area (Å²) in [5, 5.41) is 18.6. The smallest absolute Gasteiger partial charge is 0.263 e. The van der Waals surface area contributed by atoms with Gasteiger partial charge in [-0.2, -0.15) is 4.57 Å². The number of rotatable bonds is 3. The van der Waals surface area contributed by atoms with Crippen LogP contribution < -0.4 is 28.5 Å². The highest BCUT2D eigenvalue weighted by Crippen LogP contribution is 2.15. The first-order valence-electron chi connectivity index (χ1n) is 3.89. The van der Waals surface area contributed by atoms with E-state index in [1.165, 1.54) is 0 Å². The molecular formula is C8H14INO2S. The summed E-state index contributed by atoms with van der Waals surface area (Å²) in [6, 6.07) is 0. The quantitative estimate of drug-likeness (QED) is 0.459. The molecule has 0 fully saturated rings. The summed E-state index contributed by atoms with van der Waals surface area (Å²) in [7, 11) is 1.93. The van der Waals surface area contributed by atoms with Crippen molar-refractivity contribution in [3.63, 3.8) is 0 Å². The lowest BCUT2D eigenvalue weighted by Crippen LogP contribution is -3.00. The molecule has 0 aliphatic rings. The molecule has 0 amide bonds. The summed E-state index contributed by atoms with van der Waals surface area (Å²) < 4.78 is 1.97. The topological polar surface area (TPSA) is 44.3 Å². The van der Waals surface area contributed by atoms with Crippen molar-refractivity contribution in [1.29, 1.82) is 0 Å². The number of aliphatic hydroxyl groups excluding tert-OH is 2. The fraction of sp³-hybridized carbons (Fsp3) is 0.625. The Morgan fingerprint density at radius 2 is 2.00 bits per heavy atom. The normalized spacial score (nSPS) is 9.85. The highest BCUT2D eigenvalue weighted by Gasteiger charge is 2.17. The Hall–Kier alpha value is 0.280. The third kappa shape index (κ3) is 2.87. The molecule has 1 rings (SSSR count). The molecule has 1 aromatic rings. The number of aromatic nitrogens is 1. The maximum Gasteiger partial charge on any atom is 0.263 e. The second kappa shape index (κ2) is 5.90. The van der Waals surface area contributed by atoms with Gasteiger partial charge in [0.15, 0.2) is 5.69 Å². The summed E-state index contributed by atoms with van der Waals surface area (Å²) in [6.07, 6.45) is 0.685. The molecule has 0 aliphatic carbocycles. The van der Waals surface area contributed by atoms with Crippen molar-refractivity contribution in [2.24, 2.45) is 7.05 Å². The third-order valence-electron chi connectivity index (χ3n) is 2.00. The van der Waals surface area contributed by atoms with Crippen LogP contribution in [-0.2, 0) is 20.1 Å². The van der Waals surface area contributed by atoms with E-state index in [4.69, 9.17) is 10.2 Å². The molecule has 2 N–H and O–H groups in total. The molecule has 0 spiro atoms. The SMILES string of the molecule is Cc1c(CCO)sc(CO)[n+]1C.[I-]. The van der Waals surface area contributed by atoms with Crippen LogP contribution in [-0.4, -0.2) is 16.8 Å². The van der Waals surface area contributed by atoms with Crippen molar-refractivity contribution in [3.8, 4) is 0 Å². The van der Waals surface area contributed by atoms with Gasteiger partial charge in [0.25, 0.3) is 5.01 Å². The number of aliphatic hydroxyl groups is 2. The second-order valence-electron chi connectivity index (χ2n) is 2.70. The first-order chi connectivity index (χ1) is 5.70. The van der Waals surface area contributed by atoms with E-state index in [-0.39, 0.29) is 37.2 Å². The van der Waals surface area contributed by atoms with Gasteiger partial charge in [0.1, 0.15) is 13.7 Å². The monoisotopic (exact) mass is 315 g/mol. The van der Waals surface area contributed by atoms with Crippen LogP contribution in [0.4, 0.5) is 0 Å². The molecule has 0 radical (unpaired) electrons. The van der Waals surface area contributed by atoms with Gasteiger partial charge in [-0.05, 0) is 0 Å². The maximum atomic E-state index is 8.95. The summed E-state index contributed by atoms with van der Waals surface area (Å²) in [6.45, 7) is 2.25. The number of hydrogen-bond donors (Lipinski definition) is 2. The highest BCUT2D eigenvalue weighted by molar-refractivity contribution is 7.11. The molecule has 1 aromatic heterocycles. The first kappa shape index (κ1) is 13.3. The fourth-order valence-corrected chi connectivity index (χ4v) is 2.23. The van der Waals surface area contributed by atoms with Gasteiger partial charge in [-0.3, -0.25) is 0 Å². The predicted molar refractivity (Wildman–Crippen MR) is 46.9 cm³/mol. The lowest BCUT2D eigenvalue weighted by Gasteiger charge is -1.89. The van der Waals surface area contributed by atoms with E-state index < -0.39 is 0 Å². The van der Waals surface area contributed by atoms with Gasteiger partial charge in [-0.1, -0.05) is 11.3 Å². The Kier molecular flexibility index (Phi) is 6.02. The molecule has 1 heterocycles. The molecule has 0 aromatic carbocycles. The molecule has 0 unspecified atom stereocenters. The number of halogens is 1. The maximum absolute atomic E-state index is 8.95. The van der Waals surface area contributed by atoms with E-state index in [1.807, 2.05) is 18.5 Å². The summed E-state index contributed by atoms with van der Waals surface area (Å²) >= 11 is 1.56. The molecular weight excluding hydrogens is 301 g/mol. The van der Waals surface area contributed by atoms with E-state index in [2.05, 4.69) is 0 Å². The van der Waals surface area contributed by atoms with Gasteiger partial charge < -0.3 is 34.2 Å². The molecule has 0 aliphatic heterocycles. The number of hydrogen-bond acceptors (Lipinski definition) is 3. The van der Waals surface area contributed by atoms with Crippen LogP contribution in [0.25, 0.3) is 0 Å². The molecule has 0 atom stereocenters. The van der Waals surface area contributed by atoms with Gasteiger partial charge in [0.2, 0.25) is 0 Å². The van der Waals surface area contributed by atoms with E-state index in [1.54, 1.807) is 11.3 Å². The standard InChI is InChI=1S/C8H14NO2S.HI/c1-6-7(3-4-10)12-8(5-11)9(6)2;/h10-11H,3-5H2,1-2H3;1H/q+1;/p-1. The van der Waals surface area contributed by atoms with Gasteiger partial charge >= 0.3 is 0 Å². The lowest BCUT2D eigenvalue weighted by atomic mass is 10.3. The number of nitrogens with zero attached hydrogens (tertiary/aromatic N) is 1. The van der Waals surface area contributed by atoms with E-state index >= 15 is 0 Å². The minimum Gasteiger partial charge on any atom is -1.00 e. The van der Waals surface area contributed by atoms with Gasteiger partial charge in [-0.25, -0.2) is 0 Å². The van der Waals surface area contributed by atoms with Crippen LogP contribution in [0.5, 0.6) is 0 Å². The second-order valence-corrected chi connectivity index (χ2v) is 3.86. The zero-order valence-electron chi connectivity index (χ0n) is 7.75. The van der Waals surface area contributed by atoms with Crippen LogP contribution in [0, 0.1) is 6.92 Å². The largest absolute Gasteiger partial charge is 1.00 e. The van der Waals surface area contributed by atoms with Crippen LogP contribution in [0.15, 0.2) is 0 Å². The molecule has 0 saturated heterocycles. The average molecular weight is 315 g/mol. The molecule has 3 nitrogen and oxygen atoms in total. The first-order valence-corrected chi connectivity index (χ1v) is 4.71. The highest BCUT2D eigenvalue weighted by atomic mass is 127. The van der Waals surface area contributed by atoms with Crippen molar-refractivity contribution in [2.45, 2.75) is 20.0 Å². The van der Waals surface area contributed by atoms with Crippen molar-refractivity contribution in [1.82, 2.24) is 0 Å². The van der Waals surface area contributed by atoms with Gasteiger partial charge in [-0.15, -0.1) is 0 Å². The fourth-order valence-electron chi connectivity index (χ4n) is 1.13. The zero-order valence-corrected chi connectivity index (χ0v) is 10.7. The zero-order chi connectivity index (χ0) is 9.14. The van der Waals surface area contributed by atoms with Gasteiger partial charge in [0.05, 0.1) is 4.88 Å². The van der Waals surface area contributed by atoms with Crippen molar-refractivity contribution in [3.05, 3.63) is 15.6 Å². The predicted octanol–water partition coefficient (Wildman–Crippen LogP) is -3.09. The summed E-state index contributed by atoms with van der Waals surface area (Å²) in [4.78, 5) is 1.16. The van der Waals surface area contributed by atoms with Crippen LogP contribution in [0.2, 0.25) is 0 Å². The van der Waals surface area contributed by atoms with E-state index in [0.29, 0.717) is 6.42 Å². The van der Waals surface area contributed by atoms with E-state index in [9.17, 15) is 0 Å². The Morgan fingerprint density at radius 3 is 2.38 bits per heavy atom. The van der Waals surface area contributed by atoms with Crippen molar-refractivity contribution in [2.75, 3.05) is 6.61 Å². The lowest BCUT2D eigenvalue weighted by molar-refractivity contribution is -0.681. The molecule has 0 bridgehead atoms. The number of thiazole rings is 1. The molecule has 76 valence electrons. The minimum atomic E-state index is 0. The molecule has 5 heteroatoms. The Bertz CT molecular complexity index is 275. The van der Waals surface area contributed by atoms with Gasteiger partial charge in [0, 0.05) is 20.0 Å². The van der Waals surface area contributed by atoms with Crippen LogP contribution >= 0.6 is 11.3 Å². The van der Waals surface area contributed by atoms with Crippen molar-refractivity contribution >= 4 is 11.3 Å². The summed E-state index contributed by atoms with van der Waals surface area (Å²) in [5.41, 5.74) is 1.14. The third-order valence-corrected chi connectivity index (χ3v) is 3.38. The minimum absolute atomic E-state index is 0. The van der Waals surface area contributed by atoms with Crippen LogP contribution in [0.1, 0.15) is 15.6 Å². The van der Waals surface area contributed by atoms with Crippen LogP contribution in [0.3, 0.4) is 0 Å². The average Bonchev–Trinajstić information content (AvgIpc) is 2.33. The Morgan fingerprint density at radius 1 is 1.38 bits per heavy atom. The Labute approximate surface area is 99.1 Å². The van der Waals surface area contributed by atoms with Crippen molar-refractivity contribution < 1.29 is 38.8 Å². The molecule has 0 saturated carbocycles. The Balaban J connectivity index is 0.00000144. The molecule has 13 heavy (non-hydrogen) atoms.